The van der Waals surface area contributed by atoms with Crippen molar-refractivity contribution in [2.45, 2.75) is 32.6 Å². The van der Waals surface area contributed by atoms with Crippen LogP contribution in [0, 0.1) is 0 Å². The Labute approximate surface area is 78.7 Å². The number of allylic oxidation sites excluding steroid dienone is 2. The highest BCUT2D eigenvalue weighted by atomic mass is 14.9. The Morgan fingerprint density at radius 1 is 1.38 bits per heavy atom. The van der Waals surface area contributed by atoms with Gasteiger partial charge < -0.3 is 0 Å². The van der Waals surface area contributed by atoms with E-state index < -0.39 is 0 Å². The van der Waals surface area contributed by atoms with Gasteiger partial charge in [-0.15, -0.1) is 0 Å². The molecule has 0 unspecified atom stereocenters. The zero-order chi connectivity index (χ0) is 9.26. The average Bonchev–Trinajstić information content (AvgIpc) is 3.00. The molecular formula is C11H14N2. The van der Waals surface area contributed by atoms with Gasteiger partial charge in [-0.25, -0.2) is 9.97 Å². The second kappa shape index (κ2) is 3.29. The van der Waals surface area contributed by atoms with Crippen LogP contribution in [0.3, 0.4) is 0 Å². The molecule has 1 aromatic heterocycles. The van der Waals surface area contributed by atoms with E-state index in [4.69, 9.17) is 0 Å². The van der Waals surface area contributed by atoms with Crippen molar-refractivity contribution in [3.8, 4) is 0 Å². The molecule has 1 heterocycles. The second-order valence-corrected chi connectivity index (χ2v) is 3.59. The van der Waals surface area contributed by atoms with Crippen molar-refractivity contribution in [3.05, 3.63) is 29.9 Å². The first-order chi connectivity index (χ1) is 6.31. The third-order valence-corrected chi connectivity index (χ3v) is 2.51. The van der Waals surface area contributed by atoms with Crippen LogP contribution < -0.4 is 0 Å². The SMILES string of the molecule is C/C=C(/C)c1ncc(C2CC2)cn1. The molecule has 0 spiro atoms. The van der Waals surface area contributed by atoms with Crippen LogP contribution in [0.2, 0.25) is 0 Å². The van der Waals surface area contributed by atoms with Gasteiger partial charge in [0.15, 0.2) is 5.82 Å². The summed E-state index contributed by atoms with van der Waals surface area (Å²) < 4.78 is 0. The van der Waals surface area contributed by atoms with Crippen LogP contribution >= 0.6 is 0 Å². The molecule has 0 amide bonds. The maximum Gasteiger partial charge on any atom is 0.154 e. The minimum Gasteiger partial charge on any atom is -0.237 e. The maximum atomic E-state index is 4.33. The van der Waals surface area contributed by atoms with Crippen LogP contribution in [-0.2, 0) is 0 Å². The van der Waals surface area contributed by atoms with Crippen molar-refractivity contribution in [1.82, 2.24) is 9.97 Å². The number of nitrogens with zero attached hydrogens (tertiary/aromatic N) is 2. The third kappa shape index (κ3) is 1.77. The summed E-state index contributed by atoms with van der Waals surface area (Å²) in [5.41, 5.74) is 2.44. The summed E-state index contributed by atoms with van der Waals surface area (Å²) in [4.78, 5) is 8.66. The quantitative estimate of drug-likeness (QED) is 0.689. The summed E-state index contributed by atoms with van der Waals surface area (Å²) in [5, 5.41) is 0. The van der Waals surface area contributed by atoms with E-state index in [-0.39, 0.29) is 0 Å². The molecule has 0 aliphatic heterocycles. The highest BCUT2D eigenvalue weighted by Crippen LogP contribution is 2.39. The van der Waals surface area contributed by atoms with E-state index in [1.165, 1.54) is 18.4 Å². The van der Waals surface area contributed by atoms with E-state index in [9.17, 15) is 0 Å². The topological polar surface area (TPSA) is 25.8 Å². The molecule has 68 valence electrons. The Kier molecular flexibility index (Phi) is 2.13. The van der Waals surface area contributed by atoms with E-state index >= 15 is 0 Å². The Morgan fingerprint density at radius 2 is 2.00 bits per heavy atom. The highest BCUT2D eigenvalue weighted by Gasteiger charge is 2.23. The van der Waals surface area contributed by atoms with Crippen LogP contribution in [0.15, 0.2) is 18.5 Å². The number of hydrogen-bond acceptors (Lipinski definition) is 2. The Morgan fingerprint density at radius 3 is 2.46 bits per heavy atom. The smallest absolute Gasteiger partial charge is 0.154 e. The molecule has 1 aromatic rings. The second-order valence-electron chi connectivity index (χ2n) is 3.59. The van der Waals surface area contributed by atoms with E-state index in [1.807, 2.05) is 32.3 Å². The van der Waals surface area contributed by atoms with Crippen molar-refractivity contribution in [2.24, 2.45) is 0 Å². The number of aromatic nitrogens is 2. The highest BCUT2D eigenvalue weighted by molar-refractivity contribution is 5.56. The van der Waals surface area contributed by atoms with Crippen molar-refractivity contribution in [2.75, 3.05) is 0 Å². The summed E-state index contributed by atoms with van der Waals surface area (Å²) in [6.45, 7) is 4.04. The standard InChI is InChI=1S/C11H14N2/c1-3-8(2)11-12-6-10(7-13-11)9-4-5-9/h3,6-7,9H,4-5H2,1-2H3/b8-3-. The first kappa shape index (κ1) is 8.42. The fourth-order valence-electron chi connectivity index (χ4n) is 1.30. The molecule has 0 radical (unpaired) electrons. The molecule has 1 saturated carbocycles. The van der Waals surface area contributed by atoms with E-state index in [1.54, 1.807) is 0 Å². The molecule has 0 bridgehead atoms. The first-order valence-corrected chi connectivity index (χ1v) is 4.76. The summed E-state index contributed by atoms with van der Waals surface area (Å²) in [5.74, 6) is 1.60. The minimum atomic E-state index is 0.750. The predicted octanol–water partition coefficient (Wildman–Crippen LogP) is 2.78. The Hall–Kier alpha value is -1.18. The summed E-state index contributed by atoms with van der Waals surface area (Å²) in [6.07, 6.45) is 8.59. The molecule has 2 heteroatoms. The third-order valence-electron chi connectivity index (χ3n) is 2.51. The lowest BCUT2D eigenvalue weighted by atomic mass is 10.2. The van der Waals surface area contributed by atoms with Crippen LogP contribution in [0.25, 0.3) is 5.57 Å². The normalized spacial score (nSPS) is 17.5. The fraction of sp³-hybridized carbons (Fsp3) is 0.455. The van der Waals surface area contributed by atoms with Crippen LogP contribution in [0.4, 0.5) is 0 Å². The molecule has 0 saturated heterocycles. The Bertz CT molecular complexity index is 320. The summed E-state index contributed by atoms with van der Waals surface area (Å²) >= 11 is 0. The van der Waals surface area contributed by atoms with Gasteiger partial charge in [0.25, 0.3) is 0 Å². The predicted molar refractivity (Wildman–Crippen MR) is 53.3 cm³/mol. The average molecular weight is 174 g/mol. The minimum absolute atomic E-state index is 0.750. The molecule has 0 atom stereocenters. The molecular weight excluding hydrogens is 160 g/mol. The van der Waals surface area contributed by atoms with Gasteiger partial charge in [0.1, 0.15) is 0 Å². The van der Waals surface area contributed by atoms with Gasteiger partial charge in [-0.3, -0.25) is 0 Å². The first-order valence-electron chi connectivity index (χ1n) is 4.76. The van der Waals surface area contributed by atoms with Gasteiger partial charge in [0.05, 0.1) is 0 Å². The van der Waals surface area contributed by atoms with Gasteiger partial charge >= 0.3 is 0 Å². The Balaban J connectivity index is 2.22. The van der Waals surface area contributed by atoms with Crippen LogP contribution in [0.5, 0.6) is 0 Å². The molecule has 1 aliphatic carbocycles. The van der Waals surface area contributed by atoms with Crippen molar-refractivity contribution in [3.63, 3.8) is 0 Å². The lowest BCUT2D eigenvalue weighted by Crippen LogP contribution is -1.92. The molecule has 2 rings (SSSR count). The van der Waals surface area contributed by atoms with Crippen molar-refractivity contribution >= 4 is 5.57 Å². The van der Waals surface area contributed by atoms with E-state index in [0.717, 1.165) is 17.3 Å². The monoisotopic (exact) mass is 174 g/mol. The van der Waals surface area contributed by atoms with Gasteiger partial charge in [-0.1, -0.05) is 6.08 Å². The van der Waals surface area contributed by atoms with Crippen LogP contribution in [-0.4, -0.2) is 9.97 Å². The molecule has 13 heavy (non-hydrogen) atoms. The summed E-state index contributed by atoms with van der Waals surface area (Å²) in [7, 11) is 0. The van der Waals surface area contributed by atoms with Gasteiger partial charge in [0, 0.05) is 12.4 Å². The van der Waals surface area contributed by atoms with E-state index in [0.29, 0.717) is 0 Å². The number of hydrogen-bond donors (Lipinski definition) is 0. The lowest BCUT2D eigenvalue weighted by molar-refractivity contribution is 1.01. The molecule has 1 fully saturated rings. The molecule has 1 aliphatic rings. The van der Waals surface area contributed by atoms with Gasteiger partial charge in [-0.05, 0) is 43.7 Å². The van der Waals surface area contributed by atoms with Crippen molar-refractivity contribution in [1.29, 1.82) is 0 Å². The van der Waals surface area contributed by atoms with E-state index in [2.05, 4.69) is 9.97 Å². The number of rotatable bonds is 2. The zero-order valence-corrected chi connectivity index (χ0v) is 8.12. The largest absolute Gasteiger partial charge is 0.237 e. The summed E-state index contributed by atoms with van der Waals surface area (Å²) in [6, 6.07) is 0. The molecule has 2 nitrogen and oxygen atoms in total. The maximum absolute atomic E-state index is 4.33. The molecule has 0 N–H and O–H groups in total. The fourth-order valence-corrected chi connectivity index (χ4v) is 1.30. The van der Waals surface area contributed by atoms with Crippen molar-refractivity contribution < 1.29 is 0 Å². The van der Waals surface area contributed by atoms with Gasteiger partial charge in [-0.2, -0.15) is 0 Å². The van der Waals surface area contributed by atoms with Crippen LogP contribution in [0.1, 0.15) is 44.0 Å². The van der Waals surface area contributed by atoms with Gasteiger partial charge in [0.2, 0.25) is 0 Å². The molecule has 0 aromatic carbocycles. The zero-order valence-electron chi connectivity index (χ0n) is 8.12. The lowest BCUT2D eigenvalue weighted by Gasteiger charge is -2.00.